The second-order valence-electron chi connectivity index (χ2n) is 5.23. The van der Waals surface area contributed by atoms with Gasteiger partial charge in [-0.3, -0.25) is 9.59 Å². The van der Waals surface area contributed by atoms with Crippen LogP contribution in [0.3, 0.4) is 0 Å². The number of likely N-dealkylation sites (tertiary alicyclic amines) is 1. The Kier molecular flexibility index (Phi) is 7.56. The molecule has 0 aromatic rings. The van der Waals surface area contributed by atoms with E-state index in [4.69, 9.17) is 5.11 Å². The number of amides is 3. The maximum absolute atomic E-state index is 12.1. The van der Waals surface area contributed by atoms with Crippen LogP contribution in [0.1, 0.15) is 45.4 Å². The van der Waals surface area contributed by atoms with Gasteiger partial charge in [0.2, 0.25) is 5.91 Å². The van der Waals surface area contributed by atoms with Crippen LogP contribution in [0.5, 0.6) is 0 Å². The smallest absolute Gasteiger partial charge is 0.317 e. The summed E-state index contributed by atoms with van der Waals surface area (Å²) in [7, 11) is 0. The summed E-state index contributed by atoms with van der Waals surface area (Å²) in [5.41, 5.74) is 0. The van der Waals surface area contributed by atoms with Crippen LogP contribution in [0.2, 0.25) is 0 Å². The fourth-order valence-corrected chi connectivity index (χ4v) is 2.50. The van der Waals surface area contributed by atoms with Crippen LogP contribution < -0.4 is 10.6 Å². The number of carbonyl (C=O) groups is 3. The number of carbonyl (C=O) groups excluding carboxylic acids is 2. The van der Waals surface area contributed by atoms with Gasteiger partial charge in [0.1, 0.15) is 0 Å². The monoisotopic (exact) mass is 299 g/mol. The van der Waals surface area contributed by atoms with Crippen molar-refractivity contribution in [2.45, 2.75) is 51.5 Å². The molecular weight excluding hydrogens is 274 g/mol. The molecule has 3 amide bonds. The minimum atomic E-state index is -0.865. The molecule has 21 heavy (non-hydrogen) atoms. The number of hydrogen-bond acceptors (Lipinski definition) is 3. The molecule has 0 aliphatic carbocycles. The van der Waals surface area contributed by atoms with E-state index in [1.54, 1.807) is 4.90 Å². The number of rotatable bonds is 7. The molecule has 1 unspecified atom stereocenters. The Balaban J connectivity index is 2.42. The highest BCUT2D eigenvalue weighted by molar-refractivity contribution is 5.79. The molecule has 1 rings (SSSR count). The predicted molar refractivity (Wildman–Crippen MR) is 77.9 cm³/mol. The van der Waals surface area contributed by atoms with Gasteiger partial charge in [0.15, 0.2) is 0 Å². The predicted octanol–water partition coefficient (Wildman–Crippen LogP) is 0.941. The third-order valence-electron chi connectivity index (χ3n) is 3.53. The standard InChI is InChI=1S/C14H25N3O4/c1-2-15-12(18)10-11-6-3-4-9-17(11)14(21)16-8-5-7-13(19)20/h11H,2-10H2,1H3,(H,15,18)(H,16,21)(H,19,20). The maximum atomic E-state index is 12.1. The summed E-state index contributed by atoms with van der Waals surface area (Å²) in [6, 6.07) is -0.265. The zero-order valence-electron chi connectivity index (χ0n) is 12.6. The molecule has 3 N–H and O–H groups in total. The van der Waals surface area contributed by atoms with Gasteiger partial charge in [-0.25, -0.2) is 4.79 Å². The zero-order chi connectivity index (χ0) is 15.7. The van der Waals surface area contributed by atoms with Gasteiger partial charge in [0.25, 0.3) is 0 Å². The van der Waals surface area contributed by atoms with Crippen molar-refractivity contribution in [2.24, 2.45) is 0 Å². The SMILES string of the molecule is CCNC(=O)CC1CCCCN1C(=O)NCCCC(=O)O. The number of urea groups is 1. The summed E-state index contributed by atoms with van der Waals surface area (Å²) in [6.07, 6.45) is 3.58. The van der Waals surface area contributed by atoms with Crippen molar-refractivity contribution in [1.82, 2.24) is 15.5 Å². The number of carboxylic acid groups (broad SMARTS) is 1. The third kappa shape index (κ3) is 6.46. The first-order valence-electron chi connectivity index (χ1n) is 7.57. The van der Waals surface area contributed by atoms with Crippen LogP contribution in [0.15, 0.2) is 0 Å². The molecule has 1 aliphatic heterocycles. The Bertz CT molecular complexity index is 373. The van der Waals surface area contributed by atoms with E-state index in [9.17, 15) is 14.4 Å². The van der Waals surface area contributed by atoms with Crippen molar-refractivity contribution >= 4 is 17.9 Å². The summed E-state index contributed by atoms with van der Waals surface area (Å²) in [5.74, 6) is -0.899. The molecule has 7 heteroatoms. The first-order valence-corrected chi connectivity index (χ1v) is 7.57. The number of nitrogens with one attached hydrogen (secondary N) is 2. The lowest BCUT2D eigenvalue weighted by Gasteiger charge is -2.35. The van der Waals surface area contributed by atoms with Gasteiger partial charge in [-0.15, -0.1) is 0 Å². The fourth-order valence-electron chi connectivity index (χ4n) is 2.50. The average Bonchev–Trinajstić information content (AvgIpc) is 2.44. The van der Waals surface area contributed by atoms with E-state index in [-0.39, 0.29) is 24.4 Å². The molecule has 0 aromatic heterocycles. The van der Waals surface area contributed by atoms with Gasteiger partial charge in [-0.2, -0.15) is 0 Å². The van der Waals surface area contributed by atoms with E-state index in [0.717, 1.165) is 19.3 Å². The van der Waals surface area contributed by atoms with Crippen molar-refractivity contribution in [3.05, 3.63) is 0 Å². The second-order valence-corrected chi connectivity index (χ2v) is 5.23. The van der Waals surface area contributed by atoms with Gasteiger partial charge < -0.3 is 20.6 Å². The Morgan fingerprint density at radius 3 is 2.67 bits per heavy atom. The van der Waals surface area contributed by atoms with Gasteiger partial charge >= 0.3 is 12.0 Å². The first kappa shape index (κ1) is 17.3. The van der Waals surface area contributed by atoms with Gasteiger partial charge in [-0.1, -0.05) is 0 Å². The highest BCUT2D eigenvalue weighted by atomic mass is 16.4. The summed E-state index contributed by atoms with van der Waals surface area (Å²) in [5, 5.41) is 14.0. The van der Waals surface area contributed by atoms with E-state index in [0.29, 0.717) is 32.5 Å². The van der Waals surface area contributed by atoms with Crippen LogP contribution >= 0.6 is 0 Å². The lowest BCUT2D eigenvalue weighted by atomic mass is 9.99. The molecule has 120 valence electrons. The third-order valence-corrected chi connectivity index (χ3v) is 3.53. The van der Waals surface area contributed by atoms with Gasteiger partial charge in [-0.05, 0) is 32.6 Å². The van der Waals surface area contributed by atoms with Crippen molar-refractivity contribution in [1.29, 1.82) is 0 Å². The molecule has 0 bridgehead atoms. The van der Waals surface area contributed by atoms with Gasteiger partial charge in [0, 0.05) is 38.5 Å². The average molecular weight is 299 g/mol. The summed E-state index contributed by atoms with van der Waals surface area (Å²) >= 11 is 0. The Hall–Kier alpha value is -1.79. The lowest BCUT2D eigenvalue weighted by molar-refractivity contribution is -0.137. The summed E-state index contributed by atoms with van der Waals surface area (Å²) in [6.45, 7) is 3.45. The van der Waals surface area contributed by atoms with E-state index in [1.807, 2.05) is 6.92 Å². The van der Waals surface area contributed by atoms with Crippen molar-refractivity contribution in [2.75, 3.05) is 19.6 Å². The molecule has 0 aromatic carbocycles. The fraction of sp³-hybridized carbons (Fsp3) is 0.786. The second kappa shape index (κ2) is 9.20. The van der Waals surface area contributed by atoms with E-state index < -0.39 is 5.97 Å². The topological polar surface area (TPSA) is 98.7 Å². The van der Waals surface area contributed by atoms with Crippen LogP contribution in [-0.2, 0) is 9.59 Å². The summed E-state index contributed by atoms with van der Waals surface area (Å²) < 4.78 is 0. The van der Waals surface area contributed by atoms with Crippen LogP contribution in [0.25, 0.3) is 0 Å². The Labute approximate surface area is 125 Å². The molecule has 1 heterocycles. The molecule has 0 spiro atoms. The van der Waals surface area contributed by atoms with Crippen LogP contribution in [-0.4, -0.2) is 53.6 Å². The lowest BCUT2D eigenvalue weighted by Crippen LogP contribution is -2.50. The largest absolute Gasteiger partial charge is 0.481 e. The van der Waals surface area contributed by atoms with Crippen molar-refractivity contribution < 1.29 is 19.5 Å². The van der Waals surface area contributed by atoms with E-state index >= 15 is 0 Å². The number of piperidine rings is 1. The first-order chi connectivity index (χ1) is 10.0. The Morgan fingerprint density at radius 1 is 1.24 bits per heavy atom. The maximum Gasteiger partial charge on any atom is 0.317 e. The zero-order valence-corrected chi connectivity index (χ0v) is 12.6. The number of carboxylic acids is 1. The van der Waals surface area contributed by atoms with E-state index in [2.05, 4.69) is 10.6 Å². The highest BCUT2D eigenvalue weighted by Gasteiger charge is 2.28. The molecule has 0 saturated carbocycles. The van der Waals surface area contributed by atoms with Crippen molar-refractivity contribution in [3.8, 4) is 0 Å². The summed E-state index contributed by atoms with van der Waals surface area (Å²) in [4.78, 5) is 35.9. The van der Waals surface area contributed by atoms with Crippen molar-refractivity contribution in [3.63, 3.8) is 0 Å². The molecule has 1 aliphatic rings. The molecule has 7 nitrogen and oxygen atoms in total. The van der Waals surface area contributed by atoms with E-state index in [1.165, 1.54) is 0 Å². The highest BCUT2D eigenvalue weighted by Crippen LogP contribution is 2.19. The minimum absolute atomic E-state index is 0.0342. The normalized spacial score (nSPS) is 18.1. The molecule has 1 fully saturated rings. The van der Waals surface area contributed by atoms with Crippen LogP contribution in [0.4, 0.5) is 4.79 Å². The minimum Gasteiger partial charge on any atom is -0.481 e. The van der Waals surface area contributed by atoms with Gasteiger partial charge in [0.05, 0.1) is 0 Å². The number of aliphatic carboxylic acids is 1. The number of nitrogens with zero attached hydrogens (tertiary/aromatic N) is 1. The Morgan fingerprint density at radius 2 is 2.00 bits per heavy atom. The molecule has 1 saturated heterocycles. The molecular formula is C14H25N3O4. The molecule has 1 atom stereocenters. The molecule has 0 radical (unpaired) electrons. The van der Waals surface area contributed by atoms with Crippen LogP contribution in [0, 0.1) is 0 Å². The quantitative estimate of drug-likeness (QED) is 0.609. The number of hydrogen-bond donors (Lipinski definition) is 3.